The fraction of sp³-hybridized carbons (Fsp3) is 0.158. The summed E-state index contributed by atoms with van der Waals surface area (Å²) in [5, 5.41) is 7.90. The maximum atomic E-state index is 5.88. The summed E-state index contributed by atoms with van der Waals surface area (Å²) < 4.78 is 5.88. The van der Waals surface area contributed by atoms with E-state index in [0.717, 1.165) is 46.5 Å². The number of nitrogens with zero attached hydrogens (tertiary/aromatic N) is 2. The highest BCUT2D eigenvalue weighted by Gasteiger charge is 2.09. The van der Waals surface area contributed by atoms with E-state index >= 15 is 0 Å². The highest BCUT2D eigenvalue weighted by molar-refractivity contribution is 6.12. The van der Waals surface area contributed by atoms with Crippen LogP contribution < -0.4 is 10.1 Å². The van der Waals surface area contributed by atoms with Crippen LogP contribution in [0.25, 0.3) is 32.6 Å². The first-order chi connectivity index (χ1) is 11.9. The minimum Gasteiger partial charge on any atom is -0.486 e. The highest BCUT2D eigenvalue weighted by Crippen LogP contribution is 2.31. The lowest BCUT2D eigenvalue weighted by Gasteiger charge is -2.06. The van der Waals surface area contributed by atoms with Crippen molar-refractivity contribution >= 4 is 38.4 Å². The van der Waals surface area contributed by atoms with Crippen molar-refractivity contribution in [3.05, 3.63) is 48.8 Å². The molecular formula is C19H16N4O. The SMILES string of the molecule is c1cc2cc3[nH]c4ccc(OCC5=NCCN5)cc4c3cc2cn1. The first-order valence-electron chi connectivity index (χ1n) is 8.06. The Morgan fingerprint density at radius 2 is 1.96 bits per heavy atom. The number of hydrogen-bond acceptors (Lipinski definition) is 4. The van der Waals surface area contributed by atoms with Gasteiger partial charge >= 0.3 is 0 Å². The monoisotopic (exact) mass is 316 g/mol. The number of aliphatic imine (C=N–C) groups is 1. The highest BCUT2D eigenvalue weighted by atomic mass is 16.5. The lowest BCUT2D eigenvalue weighted by atomic mass is 10.1. The fourth-order valence-electron chi connectivity index (χ4n) is 3.25. The number of pyridine rings is 1. The summed E-state index contributed by atoms with van der Waals surface area (Å²) >= 11 is 0. The molecule has 0 radical (unpaired) electrons. The van der Waals surface area contributed by atoms with Gasteiger partial charge < -0.3 is 15.0 Å². The molecule has 2 aromatic heterocycles. The molecular weight excluding hydrogens is 300 g/mol. The van der Waals surface area contributed by atoms with Crippen molar-refractivity contribution in [2.45, 2.75) is 0 Å². The van der Waals surface area contributed by atoms with Crippen LogP contribution in [0.4, 0.5) is 0 Å². The lowest BCUT2D eigenvalue weighted by Crippen LogP contribution is -2.24. The molecule has 0 bridgehead atoms. The molecule has 0 spiro atoms. The van der Waals surface area contributed by atoms with E-state index in [1.807, 2.05) is 24.5 Å². The van der Waals surface area contributed by atoms with Crippen molar-refractivity contribution in [2.24, 2.45) is 4.99 Å². The molecule has 118 valence electrons. The zero-order valence-electron chi connectivity index (χ0n) is 13.0. The fourth-order valence-corrected chi connectivity index (χ4v) is 3.25. The number of ether oxygens (including phenoxy) is 1. The van der Waals surface area contributed by atoms with E-state index in [1.165, 1.54) is 10.8 Å². The topological polar surface area (TPSA) is 62.3 Å². The van der Waals surface area contributed by atoms with Crippen LogP contribution in [-0.4, -0.2) is 35.5 Å². The number of fused-ring (bicyclic) bond motifs is 4. The van der Waals surface area contributed by atoms with Crippen LogP contribution in [0.5, 0.6) is 5.75 Å². The summed E-state index contributed by atoms with van der Waals surface area (Å²) in [6, 6.07) is 12.5. The third-order valence-electron chi connectivity index (χ3n) is 4.45. The molecule has 1 aliphatic heterocycles. The lowest BCUT2D eigenvalue weighted by molar-refractivity contribution is 0.374. The van der Waals surface area contributed by atoms with E-state index in [2.05, 4.69) is 44.5 Å². The van der Waals surface area contributed by atoms with Crippen LogP contribution >= 0.6 is 0 Å². The predicted octanol–water partition coefficient (Wildman–Crippen LogP) is 3.25. The molecule has 5 nitrogen and oxygen atoms in total. The summed E-state index contributed by atoms with van der Waals surface area (Å²) in [5.41, 5.74) is 2.24. The largest absolute Gasteiger partial charge is 0.486 e. The van der Waals surface area contributed by atoms with Gasteiger partial charge in [0.25, 0.3) is 0 Å². The average Bonchev–Trinajstić information content (AvgIpc) is 3.25. The smallest absolute Gasteiger partial charge is 0.145 e. The molecule has 3 heterocycles. The van der Waals surface area contributed by atoms with E-state index in [4.69, 9.17) is 4.74 Å². The third-order valence-corrected chi connectivity index (χ3v) is 4.45. The molecule has 5 heteroatoms. The molecule has 2 aromatic carbocycles. The summed E-state index contributed by atoms with van der Waals surface area (Å²) in [5.74, 6) is 1.78. The van der Waals surface area contributed by atoms with Gasteiger partial charge in [-0.15, -0.1) is 0 Å². The Labute approximate surface area is 138 Å². The summed E-state index contributed by atoms with van der Waals surface area (Å²) in [7, 11) is 0. The molecule has 0 unspecified atom stereocenters. The molecule has 0 fully saturated rings. The Hall–Kier alpha value is -3.08. The predicted molar refractivity (Wildman–Crippen MR) is 96.9 cm³/mol. The number of benzene rings is 2. The summed E-state index contributed by atoms with van der Waals surface area (Å²) in [6.07, 6.45) is 3.72. The molecule has 1 aliphatic rings. The standard InChI is InChI=1S/C19H16N4O/c1-2-17-16(9-14(1)24-11-19-21-5-6-22-19)15-7-13-10-20-4-3-12(13)8-18(15)23-17/h1-4,7-10,23H,5-6,11H2,(H,21,22). The Morgan fingerprint density at radius 1 is 1.00 bits per heavy atom. The molecule has 5 rings (SSSR count). The van der Waals surface area contributed by atoms with Crippen LogP contribution in [0.15, 0.2) is 53.8 Å². The second kappa shape index (κ2) is 5.23. The first-order valence-corrected chi connectivity index (χ1v) is 8.06. The van der Waals surface area contributed by atoms with Crippen LogP contribution in [-0.2, 0) is 0 Å². The van der Waals surface area contributed by atoms with Crippen LogP contribution in [0.1, 0.15) is 0 Å². The number of aromatic amines is 1. The van der Waals surface area contributed by atoms with E-state index in [1.54, 1.807) is 0 Å². The summed E-state index contributed by atoms with van der Waals surface area (Å²) in [4.78, 5) is 12.1. The second-order valence-corrected chi connectivity index (χ2v) is 6.00. The minimum absolute atomic E-state index is 0.487. The van der Waals surface area contributed by atoms with Gasteiger partial charge in [-0.3, -0.25) is 9.98 Å². The van der Waals surface area contributed by atoms with Gasteiger partial charge in [0, 0.05) is 46.1 Å². The first kappa shape index (κ1) is 13.4. The molecule has 0 saturated heterocycles. The van der Waals surface area contributed by atoms with Crippen molar-refractivity contribution in [3.8, 4) is 5.75 Å². The van der Waals surface area contributed by atoms with Crippen molar-refractivity contribution in [3.63, 3.8) is 0 Å². The van der Waals surface area contributed by atoms with E-state index < -0.39 is 0 Å². The molecule has 0 aliphatic carbocycles. The molecule has 0 amide bonds. The van der Waals surface area contributed by atoms with E-state index in [0.29, 0.717) is 6.61 Å². The van der Waals surface area contributed by atoms with Crippen LogP contribution in [0.2, 0.25) is 0 Å². The molecule has 24 heavy (non-hydrogen) atoms. The molecule has 0 atom stereocenters. The van der Waals surface area contributed by atoms with Crippen molar-refractivity contribution in [1.29, 1.82) is 0 Å². The number of rotatable bonds is 3. The zero-order chi connectivity index (χ0) is 15.9. The van der Waals surface area contributed by atoms with E-state index in [9.17, 15) is 0 Å². The van der Waals surface area contributed by atoms with Crippen molar-refractivity contribution < 1.29 is 4.74 Å². The van der Waals surface area contributed by atoms with Gasteiger partial charge in [0.2, 0.25) is 0 Å². The second-order valence-electron chi connectivity index (χ2n) is 6.00. The van der Waals surface area contributed by atoms with Gasteiger partial charge in [-0.2, -0.15) is 0 Å². The number of hydrogen-bond donors (Lipinski definition) is 2. The number of amidine groups is 1. The molecule has 0 saturated carbocycles. The maximum absolute atomic E-state index is 5.88. The Balaban J connectivity index is 1.59. The Kier molecular flexibility index (Phi) is 2.91. The Bertz CT molecular complexity index is 1100. The van der Waals surface area contributed by atoms with Crippen molar-refractivity contribution in [1.82, 2.24) is 15.3 Å². The van der Waals surface area contributed by atoms with Gasteiger partial charge in [-0.1, -0.05) is 0 Å². The van der Waals surface area contributed by atoms with Crippen LogP contribution in [0, 0.1) is 0 Å². The average molecular weight is 316 g/mol. The normalized spacial score (nSPS) is 14.2. The van der Waals surface area contributed by atoms with E-state index in [-0.39, 0.29) is 0 Å². The van der Waals surface area contributed by atoms with Crippen LogP contribution in [0.3, 0.4) is 0 Å². The molecule has 4 aromatic rings. The maximum Gasteiger partial charge on any atom is 0.145 e. The van der Waals surface area contributed by atoms with Gasteiger partial charge in [-0.25, -0.2) is 0 Å². The Morgan fingerprint density at radius 3 is 2.88 bits per heavy atom. The van der Waals surface area contributed by atoms with Gasteiger partial charge in [0.1, 0.15) is 18.2 Å². The molecule has 2 N–H and O–H groups in total. The number of nitrogens with one attached hydrogen (secondary N) is 2. The summed E-state index contributed by atoms with van der Waals surface area (Å²) in [6.45, 7) is 2.23. The third kappa shape index (κ3) is 2.17. The van der Waals surface area contributed by atoms with Crippen molar-refractivity contribution in [2.75, 3.05) is 19.7 Å². The quantitative estimate of drug-likeness (QED) is 0.610. The van der Waals surface area contributed by atoms with Gasteiger partial charge in [0.15, 0.2) is 0 Å². The van der Waals surface area contributed by atoms with Gasteiger partial charge in [-0.05, 0) is 41.8 Å². The zero-order valence-corrected chi connectivity index (χ0v) is 13.0. The number of aromatic nitrogens is 2. The minimum atomic E-state index is 0.487. The van der Waals surface area contributed by atoms with Gasteiger partial charge in [0.05, 0.1) is 6.54 Å². The number of H-pyrrole nitrogens is 1.